The highest BCUT2D eigenvalue weighted by molar-refractivity contribution is 5.31. The Labute approximate surface area is 106 Å². The first-order chi connectivity index (χ1) is 8.83. The molecule has 0 saturated heterocycles. The lowest BCUT2D eigenvalue weighted by Crippen LogP contribution is -1.99. The van der Waals surface area contributed by atoms with E-state index in [1.54, 1.807) is 25.6 Å². The lowest BCUT2D eigenvalue weighted by atomic mass is 10.2. The fourth-order valence-electron chi connectivity index (χ4n) is 1.59. The molecular formula is C14H15NO3. The molecule has 0 radical (unpaired) electrons. The van der Waals surface area contributed by atoms with Crippen molar-refractivity contribution in [2.24, 2.45) is 0 Å². The van der Waals surface area contributed by atoms with Crippen LogP contribution < -0.4 is 9.47 Å². The zero-order valence-corrected chi connectivity index (χ0v) is 10.2. The summed E-state index contributed by atoms with van der Waals surface area (Å²) < 4.78 is 10.8. The van der Waals surface area contributed by atoms with Crippen LogP contribution in [-0.2, 0) is 13.2 Å². The van der Waals surface area contributed by atoms with Gasteiger partial charge in [0.25, 0.3) is 0 Å². The Morgan fingerprint density at radius 1 is 1.28 bits per heavy atom. The first kappa shape index (κ1) is 12.4. The monoisotopic (exact) mass is 245 g/mol. The van der Waals surface area contributed by atoms with Crippen LogP contribution in [0.25, 0.3) is 0 Å². The van der Waals surface area contributed by atoms with Crippen LogP contribution in [0, 0.1) is 0 Å². The Bertz CT molecular complexity index is 514. The lowest BCUT2D eigenvalue weighted by molar-refractivity contribution is 0.258. The molecule has 94 valence electrons. The van der Waals surface area contributed by atoms with E-state index in [0.29, 0.717) is 12.4 Å². The number of pyridine rings is 1. The zero-order chi connectivity index (χ0) is 12.8. The van der Waals surface area contributed by atoms with Crippen LogP contribution >= 0.6 is 0 Å². The molecule has 1 aromatic carbocycles. The number of hydrogen-bond acceptors (Lipinski definition) is 4. The van der Waals surface area contributed by atoms with Crippen LogP contribution in [0.2, 0.25) is 0 Å². The van der Waals surface area contributed by atoms with Gasteiger partial charge in [0.2, 0.25) is 0 Å². The Hall–Kier alpha value is -2.07. The third-order valence-electron chi connectivity index (χ3n) is 2.57. The summed E-state index contributed by atoms with van der Waals surface area (Å²) in [5, 5.41) is 9.17. The minimum atomic E-state index is -0.0596. The number of aliphatic hydroxyl groups excluding tert-OH is 1. The Balaban J connectivity index is 2.06. The number of nitrogens with zero attached hydrogens (tertiary/aromatic N) is 1. The first-order valence-corrected chi connectivity index (χ1v) is 5.63. The highest BCUT2D eigenvalue weighted by atomic mass is 16.5. The zero-order valence-electron chi connectivity index (χ0n) is 10.2. The number of benzene rings is 1. The van der Waals surface area contributed by atoms with Gasteiger partial charge in [0.05, 0.1) is 19.9 Å². The lowest BCUT2D eigenvalue weighted by Gasteiger charge is -2.10. The van der Waals surface area contributed by atoms with Gasteiger partial charge in [-0.3, -0.25) is 4.98 Å². The summed E-state index contributed by atoms with van der Waals surface area (Å²) in [4.78, 5) is 3.98. The van der Waals surface area contributed by atoms with E-state index in [1.807, 2.05) is 24.3 Å². The minimum Gasteiger partial charge on any atom is -0.497 e. The van der Waals surface area contributed by atoms with Crippen LogP contribution in [0.15, 0.2) is 42.7 Å². The van der Waals surface area contributed by atoms with E-state index in [4.69, 9.17) is 9.47 Å². The molecule has 0 atom stereocenters. The maximum Gasteiger partial charge on any atom is 0.143 e. The molecule has 0 aliphatic heterocycles. The van der Waals surface area contributed by atoms with E-state index < -0.39 is 0 Å². The summed E-state index contributed by atoms with van der Waals surface area (Å²) in [6, 6.07) is 9.40. The predicted molar refractivity (Wildman–Crippen MR) is 67.5 cm³/mol. The van der Waals surface area contributed by atoms with Crippen LogP contribution in [0.5, 0.6) is 11.5 Å². The number of rotatable bonds is 5. The van der Waals surface area contributed by atoms with Crippen molar-refractivity contribution in [1.29, 1.82) is 0 Å². The van der Waals surface area contributed by atoms with Crippen molar-refractivity contribution in [2.45, 2.75) is 13.2 Å². The maximum absolute atomic E-state index is 9.17. The van der Waals surface area contributed by atoms with Crippen LogP contribution in [0.4, 0.5) is 0 Å². The maximum atomic E-state index is 9.17. The smallest absolute Gasteiger partial charge is 0.143 e. The van der Waals surface area contributed by atoms with Crippen molar-refractivity contribution in [3.05, 3.63) is 53.9 Å². The van der Waals surface area contributed by atoms with Crippen LogP contribution in [-0.4, -0.2) is 17.2 Å². The van der Waals surface area contributed by atoms with Gasteiger partial charge in [-0.05, 0) is 23.8 Å². The predicted octanol–water partition coefficient (Wildman–Crippen LogP) is 2.16. The number of ether oxygens (including phenoxy) is 2. The van der Waals surface area contributed by atoms with Crippen molar-refractivity contribution >= 4 is 0 Å². The van der Waals surface area contributed by atoms with Gasteiger partial charge in [-0.1, -0.05) is 12.1 Å². The van der Waals surface area contributed by atoms with Crippen molar-refractivity contribution in [3.8, 4) is 11.5 Å². The Kier molecular flexibility index (Phi) is 4.15. The van der Waals surface area contributed by atoms with Crippen molar-refractivity contribution < 1.29 is 14.6 Å². The topological polar surface area (TPSA) is 51.6 Å². The molecule has 1 heterocycles. The van der Waals surface area contributed by atoms with Crippen molar-refractivity contribution in [3.63, 3.8) is 0 Å². The molecule has 2 aromatic rings. The van der Waals surface area contributed by atoms with Gasteiger partial charge < -0.3 is 14.6 Å². The van der Waals surface area contributed by atoms with E-state index in [-0.39, 0.29) is 6.61 Å². The molecule has 0 aliphatic carbocycles. The second-order valence-electron chi connectivity index (χ2n) is 3.78. The van der Waals surface area contributed by atoms with Crippen LogP contribution in [0.1, 0.15) is 11.1 Å². The average molecular weight is 245 g/mol. The molecule has 0 fully saturated rings. The van der Waals surface area contributed by atoms with Gasteiger partial charge in [-0.25, -0.2) is 0 Å². The fraction of sp³-hybridized carbons (Fsp3) is 0.214. The van der Waals surface area contributed by atoms with Crippen molar-refractivity contribution in [2.75, 3.05) is 7.11 Å². The van der Waals surface area contributed by atoms with Gasteiger partial charge in [0.1, 0.15) is 18.1 Å². The third kappa shape index (κ3) is 2.99. The second-order valence-corrected chi connectivity index (χ2v) is 3.78. The van der Waals surface area contributed by atoms with E-state index in [1.165, 1.54) is 0 Å². The standard InChI is InChI=1S/C14H15NO3/c1-17-13-4-2-3-11(7-13)10-18-14-8-15-6-5-12(14)9-16/h2-8,16H,9-10H2,1H3. The molecule has 18 heavy (non-hydrogen) atoms. The highest BCUT2D eigenvalue weighted by Crippen LogP contribution is 2.19. The summed E-state index contributed by atoms with van der Waals surface area (Å²) in [6.45, 7) is 0.353. The largest absolute Gasteiger partial charge is 0.497 e. The summed E-state index contributed by atoms with van der Waals surface area (Å²) in [7, 11) is 1.63. The van der Waals surface area contributed by atoms with Crippen LogP contribution in [0.3, 0.4) is 0 Å². The average Bonchev–Trinajstić information content (AvgIpc) is 2.45. The molecule has 0 aliphatic rings. The van der Waals surface area contributed by atoms with Gasteiger partial charge in [-0.2, -0.15) is 0 Å². The summed E-state index contributed by atoms with van der Waals surface area (Å²) >= 11 is 0. The number of aromatic nitrogens is 1. The second kappa shape index (κ2) is 6.02. The first-order valence-electron chi connectivity index (χ1n) is 5.63. The summed E-state index contributed by atoms with van der Waals surface area (Å²) in [6.07, 6.45) is 3.23. The molecule has 1 N–H and O–H groups in total. The highest BCUT2D eigenvalue weighted by Gasteiger charge is 2.03. The van der Waals surface area contributed by atoms with Gasteiger partial charge in [-0.15, -0.1) is 0 Å². The molecule has 4 nitrogen and oxygen atoms in total. The molecule has 4 heteroatoms. The Morgan fingerprint density at radius 3 is 2.94 bits per heavy atom. The molecule has 0 amide bonds. The number of methoxy groups -OCH3 is 1. The Morgan fingerprint density at radius 2 is 2.17 bits per heavy atom. The van der Waals surface area contributed by atoms with E-state index in [2.05, 4.69) is 4.98 Å². The fourth-order valence-corrected chi connectivity index (χ4v) is 1.59. The van der Waals surface area contributed by atoms with Gasteiger partial charge in [0.15, 0.2) is 0 Å². The molecule has 1 aromatic heterocycles. The molecule has 0 saturated carbocycles. The van der Waals surface area contributed by atoms with E-state index in [0.717, 1.165) is 16.9 Å². The minimum absolute atomic E-state index is 0.0596. The van der Waals surface area contributed by atoms with E-state index >= 15 is 0 Å². The molecular weight excluding hydrogens is 230 g/mol. The molecule has 0 unspecified atom stereocenters. The quantitative estimate of drug-likeness (QED) is 0.877. The van der Waals surface area contributed by atoms with E-state index in [9.17, 15) is 5.11 Å². The summed E-state index contributed by atoms with van der Waals surface area (Å²) in [5.74, 6) is 1.40. The summed E-state index contributed by atoms with van der Waals surface area (Å²) in [5.41, 5.74) is 1.73. The molecule has 0 bridgehead atoms. The number of aliphatic hydroxyl groups is 1. The van der Waals surface area contributed by atoms with Gasteiger partial charge in [0, 0.05) is 11.8 Å². The number of hydrogen-bond donors (Lipinski definition) is 1. The molecule has 0 spiro atoms. The third-order valence-corrected chi connectivity index (χ3v) is 2.57. The van der Waals surface area contributed by atoms with Gasteiger partial charge >= 0.3 is 0 Å². The molecule has 2 rings (SSSR count). The normalized spacial score (nSPS) is 10.1. The SMILES string of the molecule is COc1cccc(COc2cnccc2CO)c1. The van der Waals surface area contributed by atoms with Crippen molar-refractivity contribution in [1.82, 2.24) is 4.98 Å².